The number of nitrogens with one attached hydrogen (secondary N) is 1. The molecule has 1 heterocycles. The highest BCUT2D eigenvalue weighted by molar-refractivity contribution is 5.88. The van der Waals surface area contributed by atoms with Crippen molar-refractivity contribution >= 4 is 17.8 Å². The van der Waals surface area contributed by atoms with Crippen LogP contribution in [0.3, 0.4) is 0 Å². The minimum atomic E-state index is -1.29. The lowest BCUT2D eigenvalue weighted by molar-refractivity contribution is -0.149. The fourth-order valence-electron chi connectivity index (χ4n) is 3.38. The van der Waals surface area contributed by atoms with Crippen LogP contribution in [-0.2, 0) is 25.5 Å². The standard InChI is InChI=1S/C20H25N3O5/c1-12(24)22-17-15(21)11-16(20(26)27)28-18(17)19(25)23(14-7-8-14)10-9-13-5-3-2-4-6-13/h2-6,11,14-15,17-18H,7-10,21H2,1H3,(H,22,24)(H,26,27)/t15-,17+,18+/m0/s1. The van der Waals surface area contributed by atoms with Gasteiger partial charge in [0.1, 0.15) is 0 Å². The Bertz CT molecular complexity index is 775. The second-order valence-corrected chi connectivity index (χ2v) is 7.18. The van der Waals surface area contributed by atoms with Crippen LogP contribution in [0.2, 0.25) is 0 Å². The third kappa shape index (κ3) is 4.69. The van der Waals surface area contributed by atoms with E-state index in [0.29, 0.717) is 13.0 Å². The summed E-state index contributed by atoms with van der Waals surface area (Å²) in [5, 5.41) is 11.9. The molecule has 0 unspecified atom stereocenters. The van der Waals surface area contributed by atoms with Gasteiger partial charge in [-0.1, -0.05) is 30.3 Å². The molecule has 28 heavy (non-hydrogen) atoms. The molecule has 1 saturated carbocycles. The highest BCUT2D eigenvalue weighted by atomic mass is 16.5. The fourth-order valence-corrected chi connectivity index (χ4v) is 3.38. The number of benzene rings is 1. The largest absolute Gasteiger partial charge is 0.475 e. The van der Waals surface area contributed by atoms with Gasteiger partial charge in [-0.25, -0.2) is 4.79 Å². The molecule has 8 nitrogen and oxygen atoms in total. The van der Waals surface area contributed by atoms with Crippen molar-refractivity contribution in [3.05, 3.63) is 47.7 Å². The maximum absolute atomic E-state index is 13.3. The summed E-state index contributed by atoms with van der Waals surface area (Å²) in [6.45, 7) is 1.81. The zero-order chi connectivity index (χ0) is 20.3. The number of carboxylic acid groups (broad SMARTS) is 1. The van der Waals surface area contributed by atoms with Crippen LogP contribution in [0.15, 0.2) is 42.2 Å². The molecule has 1 aromatic carbocycles. The summed E-state index contributed by atoms with van der Waals surface area (Å²) in [4.78, 5) is 38.0. The van der Waals surface area contributed by atoms with Crippen molar-refractivity contribution in [1.29, 1.82) is 0 Å². The molecular formula is C20H25N3O5. The van der Waals surface area contributed by atoms with Crippen LogP contribution in [0, 0.1) is 0 Å². The molecule has 1 aliphatic carbocycles. The second-order valence-electron chi connectivity index (χ2n) is 7.18. The number of carboxylic acids is 1. The Morgan fingerprint density at radius 2 is 1.93 bits per heavy atom. The van der Waals surface area contributed by atoms with Crippen molar-refractivity contribution in [2.75, 3.05) is 6.54 Å². The van der Waals surface area contributed by atoms with Crippen LogP contribution in [0.25, 0.3) is 0 Å². The number of carbonyl (C=O) groups excluding carboxylic acids is 2. The third-order valence-corrected chi connectivity index (χ3v) is 4.92. The molecule has 1 aliphatic heterocycles. The van der Waals surface area contributed by atoms with Crippen LogP contribution < -0.4 is 11.1 Å². The average Bonchev–Trinajstić information content (AvgIpc) is 3.48. The van der Waals surface area contributed by atoms with Gasteiger partial charge in [-0.15, -0.1) is 0 Å². The molecule has 3 rings (SSSR count). The van der Waals surface area contributed by atoms with Gasteiger partial charge in [0, 0.05) is 19.5 Å². The van der Waals surface area contributed by atoms with Gasteiger partial charge < -0.3 is 25.8 Å². The summed E-state index contributed by atoms with van der Waals surface area (Å²) >= 11 is 0. The average molecular weight is 387 g/mol. The van der Waals surface area contributed by atoms with E-state index in [9.17, 15) is 19.5 Å². The van der Waals surface area contributed by atoms with Gasteiger partial charge in [0.05, 0.1) is 12.1 Å². The molecule has 0 bridgehead atoms. The third-order valence-electron chi connectivity index (χ3n) is 4.92. The molecule has 1 aromatic rings. The summed E-state index contributed by atoms with van der Waals surface area (Å²) in [5.74, 6) is -2.38. The fraction of sp³-hybridized carbons (Fsp3) is 0.450. The summed E-state index contributed by atoms with van der Waals surface area (Å²) in [6, 6.07) is 8.24. The molecule has 0 spiro atoms. The second kappa shape index (κ2) is 8.43. The molecule has 1 fully saturated rings. The predicted octanol–water partition coefficient (Wildman–Crippen LogP) is 0.419. The number of rotatable bonds is 7. The quantitative estimate of drug-likeness (QED) is 0.623. The van der Waals surface area contributed by atoms with Gasteiger partial charge in [-0.05, 0) is 30.9 Å². The first-order chi connectivity index (χ1) is 13.4. The minimum absolute atomic E-state index is 0.105. The molecule has 3 atom stereocenters. The Kier molecular flexibility index (Phi) is 5.99. The first kappa shape index (κ1) is 19.9. The molecule has 0 saturated heterocycles. The van der Waals surface area contributed by atoms with Crippen molar-refractivity contribution in [3.63, 3.8) is 0 Å². The Morgan fingerprint density at radius 3 is 2.50 bits per heavy atom. The van der Waals surface area contributed by atoms with E-state index in [1.54, 1.807) is 4.90 Å². The predicted molar refractivity (Wildman–Crippen MR) is 101 cm³/mol. The Labute approximate surface area is 163 Å². The van der Waals surface area contributed by atoms with Crippen LogP contribution >= 0.6 is 0 Å². The number of amides is 2. The van der Waals surface area contributed by atoms with Gasteiger partial charge in [-0.2, -0.15) is 0 Å². The smallest absolute Gasteiger partial charge is 0.370 e. The lowest BCUT2D eigenvalue weighted by Crippen LogP contribution is -2.61. The maximum atomic E-state index is 13.3. The first-order valence-electron chi connectivity index (χ1n) is 9.35. The number of carbonyl (C=O) groups is 3. The van der Waals surface area contributed by atoms with Crippen LogP contribution in [0.4, 0.5) is 0 Å². The van der Waals surface area contributed by atoms with E-state index in [4.69, 9.17) is 10.5 Å². The van der Waals surface area contributed by atoms with Gasteiger partial charge in [0.25, 0.3) is 5.91 Å². The van der Waals surface area contributed by atoms with Gasteiger partial charge in [0.15, 0.2) is 6.10 Å². The highest BCUT2D eigenvalue weighted by Gasteiger charge is 2.44. The van der Waals surface area contributed by atoms with E-state index < -0.39 is 24.2 Å². The van der Waals surface area contributed by atoms with Crippen LogP contribution in [0.1, 0.15) is 25.3 Å². The molecular weight excluding hydrogens is 362 g/mol. The molecule has 2 aliphatic rings. The summed E-state index contributed by atoms with van der Waals surface area (Å²) in [5.41, 5.74) is 7.14. The van der Waals surface area contributed by atoms with Crippen LogP contribution in [-0.4, -0.2) is 58.6 Å². The highest BCUT2D eigenvalue weighted by Crippen LogP contribution is 2.30. The SMILES string of the molecule is CC(=O)N[C@@H]1[C@@H](N)C=C(C(=O)O)O[C@H]1C(=O)N(CCc1ccccc1)C1CC1. The number of hydrogen-bond acceptors (Lipinski definition) is 5. The minimum Gasteiger partial charge on any atom is -0.475 e. The number of nitrogens with two attached hydrogens (primary N) is 1. The molecule has 150 valence electrons. The number of nitrogens with zero attached hydrogens (tertiary/aromatic N) is 1. The van der Waals surface area contributed by atoms with Crippen molar-refractivity contribution in [1.82, 2.24) is 10.2 Å². The van der Waals surface area contributed by atoms with Gasteiger partial charge in [0.2, 0.25) is 11.7 Å². The van der Waals surface area contributed by atoms with Crippen molar-refractivity contribution in [3.8, 4) is 0 Å². The first-order valence-corrected chi connectivity index (χ1v) is 9.35. The zero-order valence-electron chi connectivity index (χ0n) is 15.7. The maximum Gasteiger partial charge on any atom is 0.370 e. The summed E-state index contributed by atoms with van der Waals surface area (Å²) in [7, 11) is 0. The zero-order valence-corrected chi connectivity index (χ0v) is 15.7. The Hall–Kier alpha value is -2.87. The van der Waals surface area contributed by atoms with Crippen molar-refractivity contribution in [2.24, 2.45) is 5.73 Å². The van der Waals surface area contributed by atoms with E-state index in [2.05, 4.69) is 5.32 Å². The normalized spacial score (nSPS) is 23.9. The molecule has 0 aromatic heterocycles. The van der Waals surface area contributed by atoms with E-state index in [0.717, 1.165) is 18.4 Å². The number of hydrogen-bond donors (Lipinski definition) is 3. The topological polar surface area (TPSA) is 122 Å². The van der Waals surface area contributed by atoms with E-state index in [1.807, 2.05) is 30.3 Å². The Balaban J connectivity index is 1.79. The molecule has 4 N–H and O–H groups in total. The molecule has 8 heteroatoms. The van der Waals surface area contributed by atoms with Gasteiger partial charge >= 0.3 is 5.97 Å². The number of aliphatic carboxylic acids is 1. The lowest BCUT2D eigenvalue weighted by Gasteiger charge is -2.37. The van der Waals surface area contributed by atoms with E-state index >= 15 is 0 Å². The van der Waals surface area contributed by atoms with E-state index in [1.165, 1.54) is 13.0 Å². The molecule has 2 amide bonds. The van der Waals surface area contributed by atoms with E-state index in [-0.39, 0.29) is 23.6 Å². The van der Waals surface area contributed by atoms with Gasteiger partial charge in [-0.3, -0.25) is 9.59 Å². The van der Waals surface area contributed by atoms with Crippen molar-refractivity contribution in [2.45, 2.75) is 50.4 Å². The lowest BCUT2D eigenvalue weighted by atomic mass is 9.97. The monoisotopic (exact) mass is 387 g/mol. The number of ether oxygens (including phenoxy) is 1. The summed E-state index contributed by atoms with van der Waals surface area (Å²) in [6.07, 6.45) is 2.51. The Morgan fingerprint density at radius 1 is 1.25 bits per heavy atom. The molecule has 0 radical (unpaired) electrons. The van der Waals surface area contributed by atoms with Crippen LogP contribution in [0.5, 0.6) is 0 Å². The van der Waals surface area contributed by atoms with Crippen molar-refractivity contribution < 1.29 is 24.2 Å². The summed E-state index contributed by atoms with van der Waals surface area (Å²) < 4.78 is 5.48.